The molecule has 1 aliphatic heterocycles. The van der Waals surface area contributed by atoms with Gasteiger partial charge in [-0.05, 0) is 30.7 Å². The highest BCUT2D eigenvalue weighted by Gasteiger charge is 2.33. The smallest absolute Gasteiger partial charge is 0.230 e. The van der Waals surface area contributed by atoms with Crippen molar-refractivity contribution in [1.29, 1.82) is 0 Å². The summed E-state index contributed by atoms with van der Waals surface area (Å²) in [6.45, 7) is 0. The number of carbonyl (C=O) groups is 1. The summed E-state index contributed by atoms with van der Waals surface area (Å²) < 4.78 is 29.7. The van der Waals surface area contributed by atoms with Crippen molar-refractivity contribution in [3.63, 3.8) is 0 Å². The molecule has 26 heavy (non-hydrogen) atoms. The van der Waals surface area contributed by atoms with Gasteiger partial charge in [-0.1, -0.05) is 29.5 Å². The van der Waals surface area contributed by atoms with Crippen LogP contribution in [0.3, 0.4) is 0 Å². The fourth-order valence-corrected chi connectivity index (χ4v) is 5.49. The van der Waals surface area contributed by atoms with Crippen molar-refractivity contribution in [1.82, 2.24) is 4.98 Å². The Bertz CT molecular complexity index is 1060. The molecule has 2 heterocycles. The minimum absolute atomic E-state index is 0.0745. The van der Waals surface area contributed by atoms with E-state index in [9.17, 15) is 13.2 Å². The molecule has 1 aliphatic rings. The van der Waals surface area contributed by atoms with Crippen LogP contribution in [0, 0.1) is 5.92 Å². The first-order valence-corrected chi connectivity index (χ1v) is 10.8. The number of benzene rings is 2. The predicted molar refractivity (Wildman–Crippen MR) is 102 cm³/mol. The van der Waals surface area contributed by atoms with Crippen LogP contribution in [0.1, 0.15) is 6.42 Å². The molecule has 1 unspecified atom stereocenters. The normalized spacial score (nSPS) is 18.7. The number of amides is 1. The van der Waals surface area contributed by atoms with Crippen molar-refractivity contribution in [3.05, 3.63) is 48.5 Å². The number of nitrogens with one attached hydrogen (secondary N) is 1. The zero-order valence-corrected chi connectivity index (χ0v) is 15.3. The summed E-state index contributed by atoms with van der Waals surface area (Å²) in [7, 11) is -3.09. The largest absolute Gasteiger partial charge is 0.457 e. The number of carbonyl (C=O) groups excluding carboxylic acids is 1. The van der Waals surface area contributed by atoms with E-state index in [1.165, 1.54) is 11.3 Å². The minimum Gasteiger partial charge on any atom is -0.457 e. The van der Waals surface area contributed by atoms with Crippen LogP contribution in [0.5, 0.6) is 11.5 Å². The number of aromatic nitrogens is 1. The molecular formula is C18H16N2O4S2. The van der Waals surface area contributed by atoms with Gasteiger partial charge >= 0.3 is 0 Å². The molecule has 8 heteroatoms. The van der Waals surface area contributed by atoms with Crippen LogP contribution in [-0.4, -0.2) is 30.8 Å². The van der Waals surface area contributed by atoms with Gasteiger partial charge in [-0.25, -0.2) is 13.4 Å². The second-order valence-electron chi connectivity index (χ2n) is 6.15. The molecule has 0 bridgehead atoms. The Morgan fingerprint density at radius 3 is 2.69 bits per heavy atom. The van der Waals surface area contributed by atoms with Crippen LogP contribution >= 0.6 is 11.3 Å². The van der Waals surface area contributed by atoms with Gasteiger partial charge in [-0.3, -0.25) is 4.79 Å². The Labute approximate surface area is 154 Å². The second-order valence-corrected chi connectivity index (χ2v) is 9.41. The molecule has 3 aromatic rings. The number of ether oxygens (including phenoxy) is 1. The van der Waals surface area contributed by atoms with Crippen molar-refractivity contribution in [2.75, 3.05) is 16.8 Å². The molecule has 1 N–H and O–H groups in total. The van der Waals surface area contributed by atoms with E-state index in [0.717, 1.165) is 16.0 Å². The van der Waals surface area contributed by atoms with Gasteiger partial charge in [0.2, 0.25) is 5.91 Å². The van der Waals surface area contributed by atoms with Gasteiger partial charge in [0, 0.05) is 6.07 Å². The molecule has 134 valence electrons. The molecule has 1 saturated heterocycles. The fraction of sp³-hybridized carbons (Fsp3) is 0.222. The van der Waals surface area contributed by atoms with Crippen LogP contribution in [-0.2, 0) is 14.6 Å². The average molecular weight is 388 g/mol. The SMILES string of the molecule is O=C(Nc1nc2ccc(Oc3ccccc3)cc2s1)C1CCS(=O)(=O)C1. The van der Waals surface area contributed by atoms with E-state index in [2.05, 4.69) is 10.3 Å². The fourth-order valence-electron chi connectivity index (χ4n) is 2.86. The quantitative estimate of drug-likeness (QED) is 0.740. The van der Waals surface area contributed by atoms with E-state index in [1.54, 1.807) is 0 Å². The van der Waals surface area contributed by atoms with E-state index >= 15 is 0 Å². The van der Waals surface area contributed by atoms with Gasteiger partial charge in [0.25, 0.3) is 0 Å². The molecule has 1 fully saturated rings. The molecule has 4 rings (SSSR count). The molecule has 0 spiro atoms. The van der Waals surface area contributed by atoms with Crippen LogP contribution in [0.15, 0.2) is 48.5 Å². The van der Waals surface area contributed by atoms with Crippen molar-refractivity contribution >= 4 is 42.4 Å². The zero-order chi connectivity index (χ0) is 18.1. The third kappa shape index (κ3) is 3.71. The van der Waals surface area contributed by atoms with Gasteiger partial charge < -0.3 is 10.1 Å². The summed E-state index contributed by atoms with van der Waals surface area (Å²) in [5.74, 6) is 0.638. The van der Waals surface area contributed by atoms with Crippen molar-refractivity contribution in [2.45, 2.75) is 6.42 Å². The molecule has 1 aromatic heterocycles. The highest BCUT2D eigenvalue weighted by atomic mass is 32.2. The maximum Gasteiger partial charge on any atom is 0.230 e. The lowest BCUT2D eigenvalue weighted by atomic mass is 10.1. The van der Waals surface area contributed by atoms with Gasteiger partial charge in [-0.15, -0.1) is 0 Å². The first-order chi connectivity index (χ1) is 12.5. The van der Waals surface area contributed by atoms with E-state index in [4.69, 9.17) is 4.74 Å². The summed E-state index contributed by atoms with van der Waals surface area (Å²) in [4.78, 5) is 16.6. The number of fused-ring (bicyclic) bond motifs is 1. The predicted octanol–water partition coefficient (Wildman–Crippen LogP) is 3.46. The molecule has 1 atom stereocenters. The number of para-hydroxylation sites is 1. The van der Waals surface area contributed by atoms with Crippen LogP contribution < -0.4 is 10.1 Å². The molecule has 2 aromatic carbocycles. The Morgan fingerprint density at radius 1 is 1.15 bits per heavy atom. The van der Waals surface area contributed by atoms with Gasteiger partial charge in [0.1, 0.15) is 11.5 Å². The molecule has 0 saturated carbocycles. The molecule has 1 amide bonds. The zero-order valence-electron chi connectivity index (χ0n) is 13.7. The van der Waals surface area contributed by atoms with Gasteiger partial charge in [0.15, 0.2) is 15.0 Å². The highest BCUT2D eigenvalue weighted by molar-refractivity contribution is 7.91. The maximum absolute atomic E-state index is 12.3. The average Bonchev–Trinajstić information content (AvgIpc) is 3.17. The monoisotopic (exact) mass is 388 g/mol. The third-order valence-electron chi connectivity index (χ3n) is 4.17. The lowest BCUT2D eigenvalue weighted by molar-refractivity contribution is -0.119. The summed E-state index contributed by atoms with van der Waals surface area (Å²) >= 11 is 1.34. The number of thiazole rings is 1. The summed E-state index contributed by atoms with van der Waals surface area (Å²) in [6, 6.07) is 15.0. The Kier molecular flexibility index (Phi) is 4.37. The van der Waals surface area contributed by atoms with Crippen molar-refractivity contribution < 1.29 is 17.9 Å². The summed E-state index contributed by atoms with van der Waals surface area (Å²) in [6.07, 6.45) is 0.369. The van der Waals surface area contributed by atoms with Crippen LogP contribution in [0.4, 0.5) is 5.13 Å². The maximum atomic E-state index is 12.3. The van der Waals surface area contributed by atoms with Gasteiger partial charge in [0.05, 0.1) is 27.6 Å². The number of hydrogen-bond donors (Lipinski definition) is 1. The van der Waals surface area contributed by atoms with Gasteiger partial charge in [-0.2, -0.15) is 0 Å². The number of hydrogen-bond acceptors (Lipinski definition) is 6. The van der Waals surface area contributed by atoms with E-state index in [0.29, 0.717) is 17.3 Å². The molecular weight excluding hydrogens is 372 g/mol. The van der Waals surface area contributed by atoms with E-state index < -0.39 is 15.8 Å². The third-order valence-corrected chi connectivity index (χ3v) is 6.87. The lowest BCUT2D eigenvalue weighted by Crippen LogP contribution is -2.23. The molecule has 0 radical (unpaired) electrons. The Hall–Kier alpha value is -2.45. The number of sulfone groups is 1. The topological polar surface area (TPSA) is 85.4 Å². The minimum atomic E-state index is -3.09. The summed E-state index contributed by atoms with van der Waals surface area (Å²) in [5.41, 5.74) is 0.754. The highest BCUT2D eigenvalue weighted by Crippen LogP contribution is 2.32. The van der Waals surface area contributed by atoms with E-state index in [-0.39, 0.29) is 17.4 Å². The lowest BCUT2D eigenvalue weighted by Gasteiger charge is -2.06. The first-order valence-electron chi connectivity index (χ1n) is 8.13. The summed E-state index contributed by atoms with van der Waals surface area (Å²) in [5, 5.41) is 3.21. The number of nitrogens with zero attached hydrogens (tertiary/aromatic N) is 1. The van der Waals surface area contributed by atoms with Crippen molar-refractivity contribution in [2.24, 2.45) is 5.92 Å². The first kappa shape index (κ1) is 17.0. The number of anilines is 1. The Balaban J connectivity index is 1.50. The van der Waals surface area contributed by atoms with Crippen molar-refractivity contribution in [3.8, 4) is 11.5 Å². The Morgan fingerprint density at radius 2 is 1.96 bits per heavy atom. The molecule has 6 nitrogen and oxygen atoms in total. The molecule has 0 aliphatic carbocycles. The number of rotatable bonds is 4. The van der Waals surface area contributed by atoms with Crippen LogP contribution in [0.2, 0.25) is 0 Å². The van der Waals surface area contributed by atoms with E-state index in [1.807, 2.05) is 48.5 Å². The second kappa shape index (κ2) is 6.69. The standard InChI is InChI=1S/C18H16N2O4S2/c21-17(12-8-9-26(22,23)11-12)20-18-19-15-7-6-14(10-16(15)25-18)24-13-4-2-1-3-5-13/h1-7,10,12H,8-9,11H2,(H,19,20,21). The van der Waals surface area contributed by atoms with Crippen LogP contribution in [0.25, 0.3) is 10.2 Å².